The second kappa shape index (κ2) is 6.46. The Morgan fingerprint density at radius 2 is 2.20 bits per heavy atom. The number of rotatable bonds is 6. The van der Waals surface area contributed by atoms with Gasteiger partial charge in [-0.3, -0.25) is 4.79 Å². The van der Waals surface area contributed by atoms with Gasteiger partial charge in [0.15, 0.2) is 0 Å². The molecule has 0 saturated carbocycles. The number of nitrogens with one attached hydrogen (secondary N) is 2. The van der Waals surface area contributed by atoms with Gasteiger partial charge < -0.3 is 15.4 Å². The van der Waals surface area contributed by atoms with E-state index in [2.05, 4.69) is 17.6 Å². The van der Waals surface area contributed by atoms with E-state index in [1.54, 1.807) is 0 Å². The lowest BCUT2D eigenvalue weighted by atomic mass is 10.1. The molecule has 1 aromatic carbocycles. The van der Waals surface area contributed by atoms with E-state index >= 15 is 0 Å². The first-order chi connectivity index (χ1) is 9.56. The molecule has 2 atom stereocenters. The van der Waals surface area contributed by atoms with Gasteiger partial charge in [-0.15, -0.1) is 0 Å². The molecule has 110 valence electrons. The van der Waals surface area contributed by atoms with Gasteiger partial charge in [-0.1, -0.05) is 31.9 Å². The number of hydrogen-bond acceptors (Lipinski definition) is 3. The predicted octanol–water partition coefficient (Wildman–Crippen LogP) is 3.51. The molecule has 2 unspecified atom stereocenters. The Morgan fingerprint density at radius 3 is 2.85 bits per heavy atom. The summed E-state index contributed by atoms with van der Waals surface area (Å²) in [4.78, 5) is 11.9. The maximum absolute atomic E-state index is 11.9. The SMILES string of the molecule is CCCC(C)Oc1cc2c(cc1Cl)C(NCC)C(=O)N2. The lowest BCUT2D eigenvalue weighted by Crippen LogP contribution is -2.27. The van der Waals surface area contributed by atoms with Gasteiger partial charge in [0.2, 0.25) is 5.91 Å². The quantitative estimate of drug-likeness (QED) is 0.844. The summed E-state index contributed by atoms with van der Waals surface area (Å²) >= 11 is 6.27. The molecule has 2 rings (SSSR count). The fourth-order valence-corrected chi connectivity index (χ4v) is 2.66. The topological polar surface area (TPSA) is 50.4 Å². The van der Waals surface area contributed by atoms with Crippen molar-refractivity contribution in [2.45, 2.75) is 45.8 Å². The van der Waals surface area contributed by atoms with Crippen molar-refractivity contribution in [2.24, 2.45) is 0 Å². The predicted molar refractivity (Wildman–Crippen MR) is 81.5 cm³/mol. The number of ether oxygens (including phenoxy) is 1. The summed E-state index contributed by atoms with van der Waals surface area (Å²) in [6, 6.07) is 3.31. The van der Waals surface area contributed by atoms with E-state index in [4.69, 9.17) is 16.3 Å². The van der Waals surface area contributed by atoms with Crippen molar-refractivity contribution in [1.82, 2.24) is 5.32 Å². The summed E-state index contributed by atoms with van der Waals surface area (Å²) < 4.78 is 5.84. The third-order valence-electron chi connectivity index (χ3n) is 3.37. The minimum atomic E-state index is -0.324. The summed E-state index contributed by atoms with van der Waals surface area (Å²) in [5, 5.41) is 6.56. The van der Waals surface area contributed by atoms with Crippen molar-refractivity contribution < 1.29 is 9.53 Å². The molecule has 5 heteroatoms. The fraction of sp³-hybridized carbons (Fsp3) is 0.533. The standard InChI is InChI=1S/C15H21ClN2O2/c1-4-6-9(3)20-13-8-12-10(7-11(13)16)14(17-5-2)15(19)18-12/h7-9,14,17H,4-6H2,1-3H3,(H,18,19). The van der Waals surface area contributed by atoms with Crippen LogP contribution in [0.1, 0.15) is 45.2 Å². The normalized spacial score (nSPS) is 18.6. The maximum Gasteiger partial charge on any atom is 0.246 e. The van der Waals surface area contributed by atoms with Crippen molar-refractivity contribution in [1.29, 1.82) is 0 Å². The molecule has 0 spiro atoms. The van der Waals surface area contributed by atoms with Crippen LogP contribution >= 0.6 is 11.6 Å². The minimum Gasteiger partial charge on any atom is -0.489 e. The van der Waals surface area contributed by atoms with Crippen LogP contribution in [0.3, 0.4) is 0 Å². The average molecular weight is 297 g/mol. The van der Waals surface area contributed by atoms with Crippen LogP contribution in [0.25, 0.3) is 0 Å². The summed E-state index contributed by atoms with van der Waals surface area (Å²) in [5.41, 5.74) is 1.67. The van der Waals surface area contributed by atoms with Crippen molar-refractivity contribution in [2.75, 3.05) is 11.9 Å². The monoisotopic (exact) mass is 296 g/mol. The van der Waals surface area contributed by atoms with Crippen LogP contribution in [0.2, 0.25) is 5.02 Å². The number of fused-ring (bicyclic) bond motifs is 1. The number of likely N-dealkylation sites (N-methyl/N-ethyl adjacent to an activating group) is 1. The number of benzene rings is 1. The van der Waals surface area contributed by atoms with E-state index in [9.17, 15) is 4.79 Å². The molecule has 20 heavy (non-hydrogen) atoms. The van der Waals surface area contributed by atoms with Crippen LogP contribution < -0.4 is 15.4 Å². The van der Waals surface area contributed by atoms with E-state index in [0.29, 0.717) is 10.8 Å². The molecule has 0 fully saturated rings. The van der Waals surface area contributed by atoms with Gasteiger partial charge in [-0.25, -0.2) is 0 Å². The Balaban J connectivity index is 2.24. The van der Waals surface area contributed by atoms with Crippen molar-refractivity contribution in [3.8, 4) is 5.75 Å². The van der Waals surface area contributed by atoms with Gasteiger partial charge in [0.1, 0.15) is 11.8 Å². The number of halogens is 1. The highest BCUT2D eigenvalue weighted by molar-refractivity contribution is 6.32. The molecule has 2 N–H and O–H groups in total. The second-order valence-electron chi connectivity index (χ2n) is 5.07. The Morgan fingerprint density at radius 1 is 1.45 bits per heavy atom. The molecule has 0 aromatic heterocycles. The number of hydrogen-bond donors (Lipinski definition) is 2. The van der Waals surface area contributed by atoms with Crippen LogP contribution in [0, 0.1) is 0 Å². The molecule has 1 aliphatic rings. The first-order valence-corrected chi connectivity index (χ1v) is 7.48. The van der Waals surface area contributed by atoms with E-state index in [1.165, 1.54) is 0 Å². The van der Waals surface area contributed by atoms with Gasteiger partial charge in [-0.2, -0.15) is 0 Å². The molecule has 1 heterocycles. The summed E-state index contributed by atoms with van der Waals surface area (Å²) in [7, 11) is 0. The van der Waals surface area contributed by atoms with Crippen molar-refractivity contribution >= 4 is 23.2 Å². The van der Waals surface area contributed by atoms with Gasteiger partial charge in [-0.05, 0) is 26.0 Å². The molecular formula is C15H21ClN2O2. The molecular weight excluding hydrogens is 276 g/mol. The first-order valence-electron chi connectivity index (χ1n) is 7.11. The zero-order valence-electron chi connectivity index (χ0n) is 12.1. The molecule has 0 radical (unpaired) electrons. The van der Waals surface area contributed by atoms with Gasteiger partial charge >= 0.3 is 0 Å². The highest BCUT2D eigenvalue weighted by Crippen LogP contribution is 2.39. The molecule has 1 aliphatic heterocycles. The van der Waals surface area contributed by atoms with Gasteiger partial charge in [0, 0.05) is 17.3 Å². The highest BCUT2D eigenvalue weighted by atomic mass is 35.5. The number of amides is 1. The van der Waals surface area contributed by atoms with Crippen LogP contribution in [0.4, 0.5) is 5.69 Å². The van der Waals surface area contributed by atoms with Crippen LogP contribution in [0.5, 0.6) is 5.75 Å². The Bertz CT molecular complexity index is 505. The number of anilines is 1. The minimum absolute atomic E-state index is 0.0447. The highest BCUT2D eigenvalue weighted by Gasteiger charge is 2.31. The second-order valence-corrected chi connectivity index (χ2v) is 5.47. The summed E-state index contributed by atoms with van der Waals surface area (Å²) in [6.45, 7) is 6.83. The summed E-state index contributed by atoms with van der Waals surface area (Å²) in [6.07, 6.45) is 2.14. The molecule has 1 aromatic rings. The summed E-state index contributed by atoms with van der Waals surface area (Å²) in [5.74, 6) is 0.584. The zero-order chi connectivity index (χ0) is 14.7. The zero-order valence-corrected chi connectivity index (χ0v) is 12.9. The maximum atomic E-state index is 11.9. The van der Waals surface area contributed by atoms with Crippen molar-refractivity contribution in [3.63, 3.8) is 0 Å². The molecule has 0 saturated heterocycles. The van der Waals surface area contributed by atoms with E-state index < -0.39 is 0 Å². The fourth-order valence-electron chi connectivity index (χ4n) is 2.44. The first kappa shape index (κ1) is 15.1. The number of carbonyl (C=O) groups is 1. The van der Waals surface area contributed by atoms with Gasteiger partial charge in [0.25, 0.3) is 0 Å². The average Bonchev–Trinajstić information content (AvgIpc) is 2.67. The van der Waals surface area contributed by atoms with Crippen molar-refractivity contribution in [3.05, 3.63) is 22.7 Å². The Hall–Kier alpha value is -1.26. The number of carbonyl (C=O) groups excluding carboxylic acids is 1. The van der Waals surface area contributed by atoms with Gasteiger partial charge in [0.05, 0.1) is 11.1 Å². The van der Waals surface area contributed by atoms with E-state index in [1.807, 2.05) is 26.0 Å². The lowest BCUT2D eigenvalue weighted by Gasteiger charge is -2.16. The molecule has 0 bridgehead atoms. The third kappa shape index (κ3) is 3.07. The Labute approximate surface area is 124 Å². The van der Waals surface area contributed by atoms with E-state index in [-0.39, 0.29) is 18.1 Å². The van der Waals surface area contributed by atoms with E-state index in [0.717, 1.165) is 30.6 Å². The van der Waals surface area contributed by atoms with Crippen LogP contribution in [-0.2, 0) is 4.79 Å². The Kier molecular flexibility index (Phi) is 4.89. The smallest absolute Gasteiger partial charge is 0.246 e. The lowest BCUT2D eigenvalue weighted by molar-refractivity contribution is -0.117. The molecule has 1 amide bonds. The van der Waals surface area contributed by atoms with Crippen LogP contribution in [-0.4, -0.2) is 18.6 Å². The third-order valence-corrected chi connectivity index (χ3v) is 3.66. The molecule has 0 aliphatic carbocycles. The van der Waals surface area contributed by atoms with Crippen LogP contribution in [0.15, 0.2) is 12.1 Å². The molecule has 4 nitrogen and oxygen atoms in total. The largest absolute Gasteiger partial charge is 0.489 e.